The van der Waals surface area contributed by atoms with Gasteiger partial charge in [0.25, 0.3) is 5.91 Å². The molecular weight excluding hydrogens is 525 g/mol. The molecule has 2 amide bonds. The van der Waals surface area contributed by atoms with Crippen LogP contribution in [0.2, 0.25) is 15.1 Å². The van der Waals surface area contributed by atoms with E-state index in [-0.39, 0.29) is 21.3 Å². The first-order valence-electron chi connectivity index (χ1n) is 11.0. The number of thioether (sulfide) groups is 1. The third kappa shape index (κ3) is 4.57. The van der Waals surface area contributed by atoms with Gasteiger partial charge in [-0.15, -0.1) is 11.8 Å². The molecule has 3 aliphatic rings. The Balaban J connectivity index is 1.48. The quantitative estimate of drug-likeness (QED) is 0.418. The highest BCUT2D eigenvalue weighted by Gasteiger charge is 2.50. The van der Waals surface area contributed by atoms with Gasteiger partial charge in [-0.3, -0.25) is 4.79 Å². The van der Waals surface area contributed by atoms with E-state index in [1.807, 2.05) is 36.3 Å². The maximum Gasteiger partial charge on any atom is 0.357 e. The Bertz CT molecular complexity index is 1350. The van der Waals surface area contributed by atoms with E-state index in [9.17, 15) is 9.59 Å². The Morgan fingerprint density at radius 2 is 1.83 bits per heavy atom. The molecule has 2 heterocycles. The van der Waals surface area contributed by atoms with Crippen LogP contribution in [0.4, 0.5) is 5.69 Å². The average molecular weight is 546 g/mol. The zero-order valence-corrected chi connectivity index (χ0v) is 21.6. The number of benzene rings is 2. The van der Waals surface area contributed by atoms with Gasteiger partial charge in [0.2, 0.25) is 0 Å². The molecule has 0 bridgehead atoms. The van der Waals surface area contributed by atoms with Crippen molar-refractivity contribution in [3.63, 3.8) is 0 Å². The Morgan fingerprint density at radius 3 is 2.60 bits per heavy atom. The minimum Gasteiger partial charge on any atom is -0.363 e. The van der Waals surface area contributed by atoms with Crippen molar-refractivity contribution in [3.8, 4) is 0 Å². The zero-order valence-electron chi connectivity index (χ0n) is 18.5. The second kappa shape index (κ2) is 9.88. The second-order valence-electron chi connectivity index (χ2n) is 8.35. The zero-order chi connectivity index (χ0) is 24.6. The Kier molecular flexibility index (Phi) is 6.84. The van der Waals surface area contributed by atoms with Gasteiger partial charge in [-0.05, 0) is 42.8 Å². The first kappa shape index (κ1) is 24.2. The van der Waals surface area contributed by atoms with Gasteiger partial charge in [0.05, 0.1) is 22.5 Å². The number of quaternary nitrogens is 1. The Labute approximate surface area is 222 Å². The normalized spacial score (nSPS) is 20.8. The SMILES string of the molecule is O=C(Nc1ccc(C(=O)[N+]23CCSCC2=CNC=C2CC=CC=C23)c(Cl)c1)c1cc(Cl)cc(Cl)c1. The van der Waals surface area contributed by atoms with E-state index in [4.69, 9.17) is 34.8 Å². The number of anilines is 1. The molecule has 2 aliphatic heterocycles. The fourth-order valence-corrected chi connectivity index (χ4v) is 6.42. The number of halogens is 3. The predicted molar refractivity (Wildman–Crippen MR) is 144 cm³/mol. The van der Waals surface area contributed by atoms with Crippen LogP contribution in [0.15, 0.2) is 84.0 Å². The lowest BCUT2D eigenvalue weighted by Gasteiger charge is -2.41. The average Bonchev–Trinajstić information content (AvgIpc) is 3.01. The summed E-state index contributed by atoms with van der Waals surface area (Å²) < 4.78 is 0.114. The highest BCUT2D eigenvalue weighted by molar-refractivity contribution is 7.99. The summed E-state index contributed by atoms with van der Waals surface area (Å²) in [6, 6.07) is 9.59. The summed E-state index contributed by atoms with van der Waals surface area (Å²) in [4.78, 5) is 26.9. The number of amides is 2. The predicted octanol–water partition coefficient (Wildman–Crippen LogP) is 6.78. The molecule has 2 N–H and O–H groups in total. The fourth-order valence-electron chi connectivity index (χ4n) is 4.57. The van der Waals surface area contributed by atoms with Gasteiger partial charge in [0, 0.05) is 44.9 Å². The first-order valence-corrected chi connectivity index (χ1v) is 13.3. The van der Waals surface area contributed by atoms with Crippen LogP contribution in [0, 0.1) is 0 Å². The largest absolute Gasteiger partial charge is 0.363 e. The molecule has 5 nitrogen and oxygen atoms in total. The maximum absolute atomic E-state index is 14.2. The van der Waals surface area contributed by atoms with Crippen LogP contribution in [0.5, 0.6) is 0 Å². The molecule has 178 valence electrons. The molecule has 2 aromatic rings. The molecule has 1 fully saturated rings. The van der Waals surface area contributed by atoms with Crippen LogP contribution in [-0.2, 0) is 0 Å². The van der Waals surface area contributed by atoms with Gasteiger partial charge in [0.1, 0.15) is 12.2 Å². The molecule has 0 saturated carbocycles. The molecule has 35 heavy (non-hydrogen) atoms. The van der Waals surface area contributed by atoms with Crippen LogP contribution in [-0.4, -0.2) is 34.3 Å². The summed E-state index contributed by atoms with van der Waals surface area (Å²) in [5, 5.41) is 7.07. The number of nitrogens with one attached hydrogen (secondary N) is 2. The standard InChI is InChI=1S/C26H20Cl3N3O2S/c27-18-9-17(10-19(28)11-18)25(33)31-20-5-6-22(23(29)12-20)26(34)32-7-8-35-15-21(32)14-30-13-16-3-1-2-4-24(16)32/h1-2,4-6,9-14,30H,3,7-8,15H2/p+1. The fraction of sp³-hybridized carbons (Fsp3) is 0.154. The van der Waals surface area contributed by atoms with Crippen molar-refractivity contribution in [1.82, 2.24) is 5.32 Å². The van der Waals surface area contributed by atoms with Gasteiger partial charge in [-0.1, -0.05) is 47.0 Å². The number of carbonyl (C=O) groups excluding carboxylic acids is 2. The lowest BCUT2D eigenvalue weighted by molar-refractivity contribution is -0.766. The Morgan fingerprint density at radius 1 is 1.03 bits per heavy atom. The van der Waals surface area contributed by atoms with E-state index in [1.165, 1.54) is 12.1 Å². The van der Waals surface area contributed by atoms with Crippen LogP contribution in [0.3, 0.4) is 0 Å². The third-order valence-corrected chi connectivity index (χ3v) is 7.94. The van der Waals surface area contributed by atoms with Crippen molar-refractivity contribution in [3.05, 3.63) is 110 Å². The lowest BCUT2D eigenvalue weighted by Crippen LogP contribution is -2.55. The van der Waals surface area contributed by atoms with Gasteiger partial charge < -0.3 is 10.6 Å². The van der Waals surface area contributed by atoms with Crippen molar-refractivity contribution in [2.45, 2.75) is 6.42 Å². The van der Waals surface area contributed by atoms with Gasteiger partial charge in [-0.2, -0.15) is 4.48 Å². The molecule has 2 aromatic carbocycles. The number of rotatable bonds is 3. The number of nitrogens with zero attached hydrogens (tertiary/aromatic N) is 1. The van der Waals surface area contributed by atoms with E-state index < -0.39 is 0 Å². The first-order chi connectivity index (χ1) is 16.9. The topological polar surface area (TPSA) is 58.2 Å². The molecule has 9 heteroatoms. The van der Waals surface area contributed by atoms with Crippen LogP contribution < -0.4 is 10.6 Å². The summed E-state index contributed by atoms with van der Waals surface area (Å²) in [5.74, 6) is 1.13. The molecule has 0 aromatic heterocycles. The summed E-state index contributed by atoms with van der Waals surface area (Å²) >= 11 is 20.5. The van der Waals surface area contributed by atoms with Crippen LogP contribution in [0.1, 0.15) is 27.1 Å². The Hall–Kier alpha value is -2.48. The third-order valence-electron chi connectivity index (χ3n) is 6.22. The minimum absolute atomic E-state index is 0.0859. The van der Waals surface area contributed by atoms with E-state index in [2.05, 4.69) is 16.7 Å². The molecule has 5 rings (SSSR count). The molecule has 0 spiro atoms. The highest BCUT2D eigenvalue weighted by atomic mass is 35.5. The van der Waals surface area contributed by atoms with Crippen LogP contribution in [0.25, 0.3) is 0 Å². The van der Waals surface area contributed by atoms with Crippen molar-refractivity contribution >= 4 is 64.1 Å². The monoisotopic (exact) mass is 544 g/mol. The summed E-state index contributed by atoms with van der Waals surface area (Å²) in [6.07, 6.45) is 10.8. The minimum atomic E-state index is -0.378. The van der Waals surface area contributed by atoms with Gasteiger partial charge in [0.15, 0.2) is 5.70 Å². The van der Waals surface area contributed by atoms with Crippen molar-refractivity contribution in [2.24, 2.45) is 0 Å². The number of carbonyl (C=O) groups is 2. The lowest BCUT2D eigenvalue weighted by atomic mass is 9.99. The highest BCUT2D eigenvalue weighted by Crippen LogP contribution is 2.42. The second-order valence-corrected chi connectivity index (χ2v) is 10.7. The molecule has 1 atom stereocenters. The van der Waals surface area contributed by atoms with Gasteiger partial charge >= 0.3 is 5.91 Å². The van der Waals surface area contributed by atoms with E-state index >= 15 is 0 Å². The van der Waals surface area contributed by atoms with E-state index in [0.717, 1.165) is 34.9 Å². The molecule has 1 aliphatic carbocycles. The number of hydrogen-bond donors (Lipinski definition) is 2. The summed E-state index contributed by atoms with van der Waals surface area (Å²) in [6.45, 7) is 0.637. The van der Waals surface area contributed by atoms with Crippen molar-refractivity contribution in [1.29, 1.82) is 0 Å². The van der Waals surface area contributed by atoms with E-state index in [0.29, 0.717) is 33.4 Å². The number of hydrogen-bond acceptors (Lipinski definition) is 4. The molecule has 1 saturated heterocycles. The van der Waals surface area contributed by atoms with Crippen molar-refractivity contribution in [2.75, 3.05) is 23.4 Å². The molecule has 1 unspecified atom stereocenters. The van der Waals surface area contributed by atoms with Crippen molar-refractivity contribution < 1.29 is 14.1 Å². The summed E-state index contributed by atoms with van der Waals surface area (Å²) in [7, 11) is 0. The molecular formula is C26H21Cl3N3O2S+. The molecule has 0 radical (unpaired) electrons. The number of allylic oxidation sites excluding steroid dienone is 4. The smallest absolute Gasteiger partial charge is 0.357 e. The maximum atomic E-state index is 14.2. The summed E-state index contributed by atoms with van der Waals surface area (Å²) in [5.41, 5.74) is 4.25. The van der Waals surface area contributed by atoms with Gasteiger partial charge in [-0.25, -0.2) is 4.79 Å². The number of fused-ring (bicyclic) bond motifs is 3. The van der Waals surface area contributed by atoms with E-state index in [1.54, 1.807) is 24.3 Å². The van der Waals surface area contributed by atoms with Crippen LogP contribution >= 0.6 is 46.6 Å².